The molecule has 134 valence electrons. The Bertz CT molecular complexity index is 614. The third-order valence-electron chi connectivity index (χ3n) is 3.78. The molecule has 6 nitrogen and oxygen atoms in total. The van der Waals surface area contributed by atoms with Crippen molar-refractivity contribution < 1.29 is 14.3 Å². The van der Waals surface area contributed by atoms with Crippen molar-refractivity contribution in [3.63, 3.8) is 0 Å². The number of rotatable bonds is 3. The summed E-state index contributed by atoms with van der Waals surface area (Å²) in [5.41, 5.74) is 6.35. The summed E-state index contributed by atoms with van der Waals surface area (Å²) in [5.74, 6) is 0.270. The highest BCUT2D eigenvalue weighted by Crippen LogP contribution is 2.36. The largest absolute Gasteiger partial charge is 0.490 e. The first-order valence-electron chi connectivity index (χ1n) is 7.84. The fraction of sp³-hybridized carbons (Fsp3) is 0.529. The second-order valence-electron chi connectivity index (χ2n) is 6.86. The van der Waals surface area contributed by atoms with Crippen LogP contribution in [0.2, 0.25) is 0 Å². The highest BCUT2D eigenvalue weighted by Gasteiger charge is 2.32. The van der Waals surface area contributed by atoms with Gasteiger partial charge in [-0.3, -0.25) is 9.59 Å². The van der Waals surface area contributed by atoms with Gasteiger partial charge in [-0.15, -0.1) is 12.4 Å². The van der Waals surface area contributed by atoms with Crippen LogP contribution in [0.15, 0.2) is 18.2 Å². The summed E-state index contributed by atoms with van der Waals surface area (Å²) in [5, 5.41) is 2.83. The van der Waals surface area contributed by atoms with Crippen LogP contribution in [0, 0.1) is 11.3 Å². The molecule has 1 aromatic carbocycles. The van der Waals surface area contributed by atoms with Crippen LogP contribution < -0.4 is 20.7 Å². The maximum absolute atomic E-state index is 12.6. The number of nitrogens with one attached hydrogen (secondary N) is 1. The van der Waals surface area contributed by atoms with Crippen LogP contribution in [0.4, 0.5) is 11.4 Å². The quantitative estimate of drug-likeness (QED) is 0.872. The second-order valence-corrected chi connectivity index (χ2v) is 6.86. The van der Waals surface area contributed by atoms with Crippen molar-refractivity contribution in [1.82, 2.24) is 0 Å². The zero-order valence-corrected chi connectivity index (χ0v) is 15.4. The molecule has 3 N–H and O–H groups in total. The Labute approximate surface area is 149 Å². The van der Waals surface area contributed by atoms with Crippen molar-refractivity contribution in [3.05, 3.63) is 18.2 Å². The van der Waals surface area contributed by atoms with E-state index in [4.69, 9.17) is 10.5 Å². The molecule has 0 spiro atoms. The van der Waals surface area contributed by atoms with Crippen LogP contribution in [0.3, 0.4) is 0 Å². The van der Waals surface area contributed by atoms with Crippen LogP contribution >= 0.6 is 12.4 Å². The maximum Gasteiger partial charge on any atom is 0.232 e. The highest BCUT2D eigenvalue weighted by atomic mass is 35.5. The van der Waals surface area contributed by atoms with E-state index in [1.165, 1.54) is 0 Å². The number of carbonyl (C=O) groups is 2. The summed E-state index contributed by atoms with van der Waals surface area (Å²) in [6, 6.07) is 5.32. The molecule has 2 amide bonds. The lowest BCUT2D eigenvalue weighted by Gasteiger charge is -2.34. The third-order valence-corrected chi connectivity index (χ3v) is 3.78. The molecule has 0 aliphatic carbocycles. The van der Waals surface area contributed by atoms with Gasteiger partial charge in [0, 0.05) is 23.6 Å². The zero-order valence-electron chi connectivity index (χ0n) is 14.6. The molecule has 24 heavy (non-hydrogen) atoms. The number of fused-ring (bicyclic) bond motifs is 1. The van der Waals surface area contributed by atoms with E-state index in [9.17, 15) is 9.59 Å². The fourth-order valence-corrected chi connectivity index (χ4v) is 2.28. The number of benzene rings is 1. The molecule has 1 aromatic rings. The monoisotopic (exact) mass is 355 g/mol. The molecule has 0 fully saturated rings. The van der Waals surface area contributed by atoms with Crippen molar-refractivity contribution in [2.75, 3.05) is 29.9 Å². The Balaban J connectivity index is 0.00000288. The summed E-state index contributed by atoms with van der Waals surface area (Å²) < 4.78 is 5.62. The summed E-state index contributed by atoms with van der Waals surface area (Å²) in [6.07, 6.45) is 0. The lowest BCUT2D eigenvalue weighted by molar-refractivity contribution is -0.126. The lowest BCUT2D eigenvalue weighted by Crippen LogP contribution is -2.44. The van der Waals surface area contributed by atoms with Gasteiger partial charge in [0.15, 0.2) is 0 Å². The Morgan fingerprint density at radius 3 is 2.62 bits per heavy atom. The van der Waals surface area contributed by atoms with Crippen LogP contribution in [0.25, 0.3) is 0 Å². The molecule has 0 saturated heterocycles. The van der Waals surface area contributed by atoms with Crippen molar-refractivity contribution >= 4 is 35.6 Å². The summed E-state index contributed by atoms with van der Waals surface area (Å²) >= 11 is 0. The molecule has 0 aromatic heterocycles. The first-order chi connectivity index (χ1) is 10.7. The number of amides is 2. The smallest absolute Gasteiger partial charge is 0.232 e. The van der Waals surface area contributed by atoms with E-state index in [-0.39, 0.29) is 36.7 Å². The minimum atomic E-state index is -0.484. The number of halogens is 1. The normalized spacial score (nSPS) is 14.8. The van der Waals surface area contributed by atoms with Crippen LogP contribution in [0.1, 0.15) is 27.7 Å². The third kappa shape index (κ3) is 4.39. The molecule has 7 heteroatoms. The molecule has 1 atom stereocenters. The van der Waals surface area contributed by atoms with Crippen LogP contribution in [-0.4, -0.2) is 31.5 Å². The molecule has 1 aliphatic heterocycles. The van der Waals surface area contributed by atoms with Crippen molar-refractivity contribution in [2.24, 2.45) is 17.1 Å². The minimum Gasteiger partial charge on any atom is -0.490 e. The Morgan fingerprint density at radius 1 is 1.38 bits per heavy atom. The van der Waals surface area contributed by atoms with E-state index in [1.54, 1.807) is 30.0 Å². The predicted octanol–water partition coefficient (Wildman–Crippen LogP) is 2.41. The van der Waals surface area contributed by atoms with Gasteiger partial charge in [-0.2, -0.15) is 0 Å². The molecule has 2 rings (SSSR count). The number of carbonyl (C=O) groups excluding carboxylic acids is 2. The summed E-state index contributed by atoms with van der Waals surface area (Å²) in [6.45, 7) is 8.68. The van der Waals surface area contributed by atoms with Gasteiger partial charge >= 0.3 is 0 Å². The van der Waals surface area contributed by atoms with Crippen LogP contribution in [-0.2, 0) is 9.59 Å². The number of ether oxygens (including phenoxy) is 1. The van der Waals surface area contributed by atoms with Crippen molar-refractivity contribution in [3.8, 4) is 5.75 Å². The van der Waals surface area contributed by atoms with Gasteiger partial charge in [0.2, 0.25) is 11.8 Å². The SMILES string of the molecule is CC(CN)C(=O)Nc1ccc2c(c1)N(C(=O)C(C)(C)C)CCO2.Cl. The molecule has 1 aliphatic rings. The van der Waals surface area contributed by atoms with Crippen molar-refractivity contribution in [2.45, 2.75) is 27.7 Å². The number of nitrogens with zero attached hydrogens (tertiary/aromatic N) is 1. The Morgan fingerprint density at radius 2 is 2.04 bits per heavy atom. The molecular formula is C17H26ClN3O3. The Kier molecular flexibility index (Phi) is 6.63. The molecule has 0 radical (unpaired) electrons. The van der Waals surface area contributed by atoms with E-state index >= 15 is 0 Å². The summed E-state index contributed by atoms with van der Waals surface area (Å²) in [7, 11) is 0. The topological polar surface area (TPSA) is 84.7 Å². The molecule has 0 saturated carbocycles. The molecule has 1 unspecified atom stereocenters. The predicted molar refractivity (Wildman–Crippen MR) is 97.8 cm³/mol. The van der Waals surface area contributed by atoms with Gasteiger partial charge in [0.1, 0.15) is 12.4 Å². The van der Waals surface area contributed by atoms with Gasteiger partial charge in [-0.05, 0) is 18.2 Å². The van der Waals surface area contributed by atoms with Gasteiger partial charge < -0.3 is 20.7 Å². The van der Waals surface area contributed by atoms with E-state index in [1.807, 2.05) is 20.8 Å². The number of nitrogens with two attached hydrogens (primary N) is 1. The second kappa shape index (κ2) is 7.85. The van der Waals surface area contributed by atoms with Gasteiger partial charge in [0.25, 0.3) is 0 Å². The van der Waals surface area contributed by atoms with E-state index in [0.717, 1.165) is 0 Å². The average Bonchev–Trinajstić information content (AvgIpc) is 2.51. The standard InChI is InChI=1S/C17H25N3O3.ClH/c1-11(10-18)15(21)19-12-5-6-14-13(9-12)20(7-8-23-14)16(22)17(2,3)4;/h5-6,9,11H,7-8,10,18H2,1-4H3,(H,19,21);1H. The minimum absolute atomic E-state index is 0. The highest BCUT2D eigenvalue weighted by molar-refractivity contribution is 6.00. The number of anilines is 2. The Hall–Kier alpha value is -1.79. The maximum atomic E-state index is 12.6. The van der Waals surface area contributed by atoms with Gasteiger partial charge in [0.05, 0.1) is 12.2 Å². The average molecular weight is 356 g/mol. The molecular weight excluding hydrogens is 330 g/mol. The van der Waals surface area contributed by atoms with Gasteiger partial charge in [-0.1, -0.05) is 27.7 Å². The van der Waals surface area contributed by atoms with Crippen LogP contribution in [0.5, 0.6) is 5.75 Å². The number of hydrogen-bond donors (Lipinski definition) is 2. The molecule has 0 bridgehead atoms. The van der Waals surface area contributed by atoms with Gasteiger partial charge in [-0.25, -0.2) is 0 Å². The molecule has 1 heterocycles. The van der Waals surface area contributed by atoms with Crippen molar-refractivity contribution in [1.29, 1.82) is 0 Å². The van der Waals surface area contributed by atoms with E-state index in [2.05, 4.69) is 5.32 Å². The zero-order chi connectivity index (χ0) is 17.2. The lowest BCUT2D eigenvalue weighted by atomic mass is 9.94. The first kappa shape index (κ1) is 20.3. The van der Waals surface area contributed by atoms with E-state index < -0.39 is 5.41 Å². The van der Waals surface area contributed by atoms with E-state index in [0.29, 0.717) is 30.3 Å². The summed E-state index contributed by atoms with van der Waals surface area (Å²) in [4.78, 5) is 26.3. The fourth-order valence-electron chi connectivity index (χ4n) is 2.28. The first-order valence-corrected chi connectivity index (χ1v) is 7.84. The number of hydrogen-bond acceptors (Lipinski definition) is 4.